The van der Waals surface area contributed by atoms with Gasteiger partial charge in [-0.15, -0.1) is 11.3 Å². The summed E-state index contributed by atoms with van der Waals surface area (Å²) in [5.41, 5.74) is 1.22. The zero-order valence-corrected chi connectivity index (χ0v) is 18.6. The van der Waals surface area contributed by atoms with Crippen LogP contribution in [0.1, 0.15) is 33.4 Å². The van der Waals surface area contributed by atoms with Crippen LogP contribution in [0.3, 0.4) is 0 Å². The van der Waals surface area contributed by atoms with Crippen LogP contribution in [0.15, 0.2) is 59.4 Å². The molecule has 1 atom stereocenters. The van der Waals surface area contributed by atoms with E-state index in [2.05, 4.69) is 19.8 Å². The molecule has 0 bridgehead atoms. The number of amides is 1. The number of benzene rings is 1. The number of esters is 1. The third-order valence-electron chi connectivity index (χ3n) is 4.86. The number of hydrogen-bond acceptors (Lipinski definition) is 9. The molecule has 1 aromatic carbocycles. The Balaban J connectivity index is 1.57. The maximum absolute atomic E-state index is 13.0. The van der Waals surface area contributed by atoms with E-state index in [9.17, 15) is 18.4 Å². The molecule has 12 heteroatoms. The first-order chi connectivity index (χ1) is 16.5. The van der Waals surface area contributed by atoms with Crippen LogP contribution in [-0.2, 0) is 9.53 Å². The Morgan fingerprint density at radius 1 is 1.24 bits per heavy atom. The molecule has 34 heavy (non-hydrogen) atoms. The zero-order chi connectivity index (χ0) is 24.1. The van der Waals surface area contributed by atoms with Gasteiger partial charge in [-0.1, -0.05) is 12.1 Å². The van der Waals surface area contributed by atoms with Crippen molar-refractivity contribution in [2.24, 2.45) is 5.10 Å². The van der Waals surface area contributed by atoms with Gasteiger partial charge in [0.05, 0.1) is 29.9 Å². The SMILES string of the molecule is COc1cc(C2CC(c3cccs3)=NN2C(=O)COC(=O)c2cnccn2)ccc1OC(F)F. The Morgan fingerprint density at radius 3 is 2.76 bits per heavy atom. The van der Waals surface area contributed by atoms with Gasteiger partial charge in [0.15, 0.2) is 23.8 Å². The van der Waals surface area contributed by atoms with Gasteiger partial charge in [-0.05, 0) is 29.1 Å². The van der Waals surface area contributed by atoms with E-state index in [4.69, 9.17) is 9.47 Å². The lowest BCUT2D eigenvalue weighted by Gasteiger charge is -2.23. The van der Waals surface area contributed by atoms with Crippen LogP contribution in [0.4, 0.5) is 8.78 Å². The lowest BCUT2D eigenvalue weighted by Crippen LogP contribution is -2.31. The Labute approximate surface area is 196 Å². The minimum atomic E-state index is -3.01. The van der Waals surface area contributed by atoms with Gasteiger partial charge in [0.25, 0.3) is 5.91 Å². The summed E-state index contributed by atoms with van der Waals surface area (Å²) < 4.78 is 40.1. The number of hydrazone groups is 1. The fourth-order valence-corrected chi connectivity index (χ4v) is 4.07. The Hall–Kier alpha value is -3.93. The number of hydrogen-bond donors (Lipinski definition) is 0. The molecule has 0 radical (unpaired) electrons. The summed E-state index contributed by atoms with van der Waals surface area (Å²) in [6, 6.07) is 7.59. The van der Waals surface area contributed by atoms with E-state index < -0.39 is 31.1 Å². The van der Waals surface area contributed by atoms with Crippen LogP contribution >= 0.6 is 11.3 Å². The highest BCUT2D eigenvalue weighted by atomic mass is 32.1. The fraction of sp³-hybridized carbons (Fsp3) is 0.227. The lowest BCUT2D eigenvalue weighted by molar-refractivity contribution is -0.136. The van der Waals surface area contributed by atoms with Gasteiger partial charge >= 0.3 is 12.6 Å². The van der Waals surface area contributed by atoms with Gasteiger partial charge in [0, 0.05) is 18.8 Å². The third kappa shape index (κ3) is 5.17. The summed E-state index contributed by atoms with van der Waals surface area (Å²) in [5.74, 6) is -1.41. The molecule has 0 fully saturated rings. The molecule has 176 valence electrons. The molecule has 0 aliphatic carbocycles. The van der Waals surface area contributed by atoms with E-state index in [0.29, 0.717) is 17.7 Å². The molecule has 1 aliphatic heterocycles. The quantitative estimate of drug-likeness (QED) is 0.446. The van der Waals surface area contributed by atoms with Crippen molar-refractivity contribution in [1.82, 2.24) is 15.0 Å². The summed E-state index contributed by atoms with van der Waals surface area (Å²) in [5, 5.41) is 7.58. The van der Waals surface area contributed by atoms with E-state index in [0.717, 1.165) is 4.88 Å². The summed E-state index contributed by atoms with van der Waals surface area (Å²) in [6.07, 6.45) is 4.33. The Kier molecular flexibility index (Phi) is 7.07. The largest absolute Gasteiger partial charge is 0.493 e. The summed E-state index contributed by atoms with van der Waals surface area (Å²) in [4.78, 5) is 33.7. The molecular weight excluding hydrogens is 470 g/mol. The minimum Gasteiger partial charge on any atom is -0.493 e. The molecule has 4 rings (SSSR count). The second kappa shape index (κ2) is 10.3. The number of alkyl halides is 2. The average Bonchev–Trinajstić information content (AvgIpc) is 3.53. The number of rotatable bonds is 8. The van der Waals surface area contributed by atoms with Crippen molar-refractivity contribution in [2.75, 3.05) is 13.7 Å². The molecule has 1 aliphatic rings. The second-order valence-corrected chi connectivity index (χ2v) is 7.89. The second-order valence-electron chi connectivity index (χ2n) is 6.94. The van der Waals surface area contributed by atoms with Gasteiger partial charge < -0.3 is 14.2 Å². The Bertz CT molecular complexity index is 1190. The van der Waals surface area contributed by atoms with E-state index in [1.165, 1.54) is 54.2 Å². The monoisotopic (exact) mass is 488 g/mol. The number of carbonyl (C=O) groups is 2. The van der Waals surface area contributed by atoms with Gasteiger partial charge in [0.1, 0.15) is 0 Å². The van der Waals surface area contributed by atoms with Gasteiger partial charge in [0.2, 0.25) is 0 Å². The van der Waals surface area contributed by atoms with Crippen LogP contribution in [0.2, 0.25) is 0 Å². The van der Waals surface area contributed by atoms with Crippen molar-refractivity contribution in [2.45, 2.75) is 19.1 Å². The molecule has 0 N–H and O–H groups in total. The third-order valence-corrected chi connectivity index (χ3v) is 5.78. The van der Waals surface area contributed by atoms with E-state index in [1.54, 1.807) is 6.07 Å². The first-order valence-electron chi connectivity index (χ1n) is 9.95. The highest BCUT2D eigenvalue weighted by molar-refractivity contribution is 7.12. The van der Waals surface area contributed by atoms with E-state index >= 15 is 0 Å². The number of nitrogens with zero attached hydrogens (tertiary/aromatic N) is 4. The van der Waals surface area contributed by atoms with Gasteiger partial charge in [-0.3, -0.25) is 9.78 Å². The van der Waals surface area contributed by atoms with Crippen LogP contribution in [0.25, 0.3) is 0 Å². The summed E-state index contributed by atoms with van der Waals surface area (Å²) in [6.45, 7) is -3.58. The predicted molar refractivity (Wildman–Crippen MR) is 117 cm³/mol. The maximum Gasteiger partial charge on any atom is 0.387 e. The number of methoxy groups -OCH3 is 1. The zero-order valence-electron chi connectivity index (χ0n) is 17.8. The van der Waals surface area contributed by atoms with Crippen molar-refractivity contribution in [3.63, 3.8) is 0 Å². The predicted octanol–water partition coefficient (Wildman–Crippen LogP) is 3.68. The van der Waals surface area contributed by atoms with Crippen molar-refractivity contribution in [3.05, 3.63) is 70.4 Å². The molecule has 9 nitrogen and oxygen atoms in total. The first-order valence-corrected chi connectivity index (χ1v) is 10.8. The summed E-state index contributed by atoms with van der Waals surface area (Å²) in [7, 11) is 1.33. The van der Waals surface area contributed by atoms with Crippen LogP contribution < -0.4 is 9.47 Å². The van der Waals surface area contributed by atoms with E-state index in [1.807, 2.05) is 17.5 Å². The molecule has 2 aromatic heterocycles. The highest BCUT2D eigenvalue weighted by Crippen LogP contribution is 2.38. The smallest absolute Gasteiger partial charge is 0.387 e. The number of aromatic nitrogens is 2. The first kappa shape index (κ1) is 23.2. The van der Waals surface area contributed by atoms with Crippen molar-refractivity contribution >= 4 is 28.9 Å². The molecule has 0 spiro atoms. The molecular formula is C22H18F2N4O5S. The molecule has 1 amide bonds. The minimum absolute atomic E-state index is 0.0320. The summed E-state index contributed by atoms with van der Waals surface area (Å²) >= 11 is 1.47. The topological polar surface area (TPSA) is 103 Å². The lowest BCUT2D eigenvalue weighted by atomic mass is 10.0. The Morgan fingerprint density at radius 2 is 2.09 bits per heavy atom. The van der Waals surface area contributed by atoms with Crippen LogP contribution in [-0.4, -0.2) is 52.9 Å². The standard InChI is InChI=1S/C22H18F2N4O5S/c1-31-18-9-13(4-5-17(18)33-22(23)24)16-10-14(19-3-2-8-34-19)27-28(16)20(29)12-32-21(30)15-11-25-6-7-26-15/h2-9,11,16,22H,10,12H2,1H3. The molecule has 1 unspecified atom stereocenters. The number of halogens is 2. The van der Waals surface area contributed by atoms with Crippen molar-refractivity contribution in [3.8, 4) is 11.5 Å². The molecule has 0 saturated heterocycles. The van der Waals surface area contributed by atoms with Crippen molar-refractivity contribution < 1.29 is 32.6 Å². The number of thiophene rings is 1. The number of ether oxygens (including phenoxy) is 3. The fourth-order valence-electron chi connectivity index (χ4n) is 3.35. The molecule has 3 aromatic rings. The number of carbonyl (C=O) groups excluding carboxylic acids is 2. The van der Waals surface area contributed by atoms with Crippen LogP contribution in [0.5, 0.6) is 11.5 Å². The maximum atomic E-state index is 13.0. The molecule has 3 heterocycles. The highest BCUT2D eigenvalue weighted by Gasteiger charge is 2.34. The molecule has 0 saturated carbocycles. The van der Waals surface area contributed by atoms with Crippen LogP contribution in [0, 0.1) is 0 Å². The van der Waals surface area contributed by atoms with Crippen molar-refractivity contribution in [1.29, 1.82) is 0 Å². The normalized spacial score (nSPS) is 15.2. The average molecular weight is 488 g/mol. The van der Waals surface area contributed by atoms with E-state index in [-0.39, 0.29) is 17.2 Å². The van der Waals surface area contributed by atoms with Gasteiger partial charge in [-0.25, -0.2) is 14.8 Å². The van der Waals surface area contributed by atoms with Gasteiger partial charge in [-0.2, -0.15) is 13.9 Å².